The molecular formula is C11H14N4O. The summed E-state index contributed by atoms with van der Waals surface area (Å²) in [6.07, 6.45) is 3.62. The fourth-order valence-corrected chi connectivity index (χ4v) is 2.15. The third-order valence-electron chi connectivity index (χ3n) is 3.01. The molecule has 84 valence electrons. The first-order valence-electron chi connectivity index (χ1n) is 5.44. The van der Waals surface area contributed by atoms with E-state index in [-0.39, 0.29) is 6.54 Å². The van der Waals surface area contributed by atoms with Crippen LogP contribution in [0.25, 0.3) is 10.4 Å². The van der Waals surface area contributed by atoms with E-state index in [1.165, 1.54) is 0 Å². The average Bonchev–Trinajstić information content (AvgIpc) is 2.75. The normalized spacial score (nSPS) is 18.1. The first kappa shape index (κ1) is 10.9. The van der Waals surface area contributed by atoms with E-state index in [2.05, 4.69) is 15.0 Å². The number of hydrogen-bond acceptors (Lipinski definition) is 3. The maximum atomic E-state index is 10.3. The average molecular weight is 218 g/mol. The Labute approximate surface area is 93.8 Å². The highest BCUT2D eigenvalue weighted by atomic mass is 16.3. The lowest BCUT2D eigenvalue weighted by atomic mass is 9.97. The highest BCUT2D eigenvalue weighted by Gasteiger charge is 2.34. The number of aliphatic hydroxyl groups is 1. The lowest BCUT2D eigenvalue weighted by molar-refractivity contribution is 0.0398. The van der Waals surface area contributed by atoms with Gasteiger partial charge in [-0.2, -0.15) is 0 Å². The van der Waals surface area contributed by atoms with Crippen LogP contribution in [0.15, 0.2) is 23.3 Å². The van der Waals surface area contributed by atoms with Crippen molar-refractivity contribution in [2.24, 2.45) is 5.11 Å². The van der Waals surface area contributed by atoms with Crippen molar-refractivity contribution in [3.05, 3.63) is 40.0 Å². The van der Waals surface area contributed by atoms with Crippen molar-refractivity contribution in [2.75, 3.05) is 0 Å². The van der Waals surface area contributed by atoms with Crippen molar-refractivity contribution in [2.45, 2.75) is 37.8 Å². The molecule has 0 atom stereocenters. The molecule has 5 nitrogen and oxygen atoms in total. The van der Waals surface area contributed by atoms with E-state index in [4.69, 9.17) is 5.53 Å². The van der Waals surface area contributed by atoms with Crippen molar-refractivity contribution in [3.63, 3.8) is 0 Å². The highest BCUT2D eigenvalue weighted by Crippen LogP contribution is 2.37. The molecular weight excluding hydrogens is 204 g/mol. The van der Waals surface area contributed by atoms with Crippen LogP contribution in [0.1, 0.15) is 37.1 Å². The minimum Gasteiger partial charge on any atom is -0.384 e. The second-order valence-corrected chi connectivity index (χ2v) is 4.14. The minimum absolute atomic E-state index is 0.237. The third kappa shape index (κ3) is 2.15. The molecule has 1 aliphatic rings. The van der Waals surface area contributed by atoms with Gasteiger partial charge in [-0.05, 0) is 30.5 Å². The van der Waals surface area contributed by atoms with Gasteiger partial charge in [0.1, 0.15) is 5.60 Å². The van der Waals surface area contributed by atoms with E-state index in [1.807, 2.05) is 12.1 Å². The second kappa shape index (κ2) is 4.51. The van der Waals surface area contributed by atoms with Crippen LogP contribution < -0.4 is 0 Å². The Bertz CT molecular complexity index is 420. The van der Waals surface area contributed by atoms with E-state index >= 15 is 0 Å². The van der Waals surface area contributed by atoms with Crippen molar-refractivity contribution >= 4 is 0 Å². The SMILES string of the molecule is [N-]=[N+]=NCc1cccc(C2(O)CCCC2)n1. The van der Waals surface area contributed by atoms with Gasteiger partial charge in [0.25, 0.3) is 0 Å². The van der Waals surface area contributed by atoms with Gasteiger partial charge in [-0.15, -0.1) is 0 Å². The number of aromatic nitrogens is 1. The zero-order valence-electron chi connectivity index (χ0n) is 9.00. The number of azide groups is 1. The third-order valence-corrected chi connectivity index (χ3v) is 3.01. The molecule has 0 saturated heterocycles. The molecule has 0 amide bonds. The fraction of sp³-hybridized carbons (Fsp3) is 0.545. The first-order chi connectivity index (χ1) is 7.74. The monoisotopic (exact) mass is 218 g/mol. The Hall–Kier alpha value is -1.58. The van der Waals surface area contributed by atoms with Crippen LogP contribution in [0, 0.1) is 0 Å². The topological polar surface area (TPSA) is 81.9 Å². The van der Waals surface area contributed by atoms with Gasteiger partial charge in [0, 0.05) is 10.6 Å². The zero-order valence-corrected chi connectivity index (χ0v) is 9.00. The van der Waals surface area contributed by atoms with Crippen LogP contribution in [0.2, 0.25) is 0 Å². The molecule has 0 radical (unpaired) electrons. The molecule has 0 aromatic carbocycles. The van der Waals surface area contributed by atoms with Crippen LogP contribution >= 0.6 is 0 Å². The molecule has 2 rings (SSSR count). The lowest BCUT2D eigenvalue weighted by Crippen LogP contribution is -2.22. The van der Waals surface area contributed by atoms with Gasteiger partial charge in [-0.3, -0.25) is 4.98 Å². The summed E-state index contributed by atoms with van der Waals surface area (Å²) in [5.41, 5.74) is 8.88. The molecule has 1 aliphatic carbocycles. The summed E-state index contributed by atoms with van der Waals surface area (Å²) in [6.45, 7) is 0.237. The summed E-state index contributed by atoms with van der Waals surface area (Å²) in [5.74, 6) is 0. The molecule has 5 heteroatoms. The lowest BCUT2D eigenvalue weighted by Gasteiger charge is -2.21. The summed E-state index contributed by atoms with van der Waals surface area (Å²) >= 11 is 0. The molecule has 1 N–H and O–H groups in total. The molecule has 16 heavy (non-hydrogen) atoms. The van der Waals surface area contributed by atoms with Gasteiger partial charge in [-0.25, -0.2) is 0 Å². The van der Waals surface area contributed by atoms with E-state index < -0.39 is 5.60 Å². The van der Waals surface area contributed by atoms with Crippen LogP contribution in [-0.4, -0.2) is 10.1 Å². The number of pyridine rings is 1. The van der Waals surface area contributed by atoms with Crippen LogP contribution in [0.5, 0.6) is 0 Å². The highest BCUT2D eigenvalue weighted by molar-refractivity contribution is 5.18. The zero-order chi connectivity index (χ0) is 11.4. The molecule has 0 aliphatic heterocycles. The largest absolute Gasteiger partial charge is 0.384 e. The van der Waals surface area contributed by atoms with Gasteiger partial charge in [0.05, 0.1) is 12.2 Å². The minimum atomic E-state index is -0.771. The molecule has 1 fully saturated rings. The Morgan fingerprint density at radius 3 is 2.88 bits per heavy atom. The first-order valence-corrected chi connectivity index (χ1v) is 5.44. The fourth-order valence-electron chi connectivity index (χ4n) is 2.15. The summed E-state index contributed by atoms with van der Waals surface area (Å²) in [5, 5.41) is 13.8. The van der Waals surface area contributed by atoms with Gasteiger partial charge in [-0.1, -0.05) is 24.0 Å². The van der Waals surface area contributed by atoms with Gasteiger partial charge in [0.15, 0.2) is 0 Å². The summed E-state index contributed by atoms with van der Waals surface area (Å²) in [4.78, 5) is 7.05. The molecule has 1 aromatic heterocycles. The second-order valence-electron chi connectivity index (χ2n) is 4.14. The van der Waals surface area contributed by atoms with Crippen LogP contribution in [0.3, 0.4) is 0 Å². The Balaban J connectivity index is 2.24. The molecule has 1 aromatic rings. The van der Waals surface area contributed by atoms with Crippen molar-refractivity contribution < 1.29 is 5.11 Å². The summed E-state index contributed by atoms with van der Waals surface area (Å²) in [6, 6.07) is 5.49. The van der Waals surface area contributed by atoms with E-state index in [9.17, 15) is 5.11 Å². The smallest absolute Gasteiger partial charge is 0.106 e. The van der Waals surface area contributed by atoms with E-state index in [1.54, 1.807) is 6.07 Å². The Morgan fingerprint density at radius 1 is 1.44 bits per heavy atom. The van der Waals surface area contributed by atoms with Crippen molar-refractivity contribution in [3.8, 4) is 0 Å². The predicted molar refractivity (Wildman–Crippen MR) is 59.5 cm³/mol. The van der Waals surface area contributed by atoms with Crippen molar-refractivity contribution in [1.82, 2.24) is 4.98 Å². The van der Waals surface area contributed by atoms with E-state index in [0.29, 0.717) is 11.4 Å². The van der Waals surface area contributed by atoms with E-state index in [0.717, 1.165) is 25.7 Å². The maximum absolute atomic E-state index is 10.3. The predicted octanol–water partition coefficient (Wildman–Crippen LogP) is 2.65. The maximum Gasteiger partial charge on any atom is 0.106 e. The molecule has 1 saturated carbocycles. The van der Waals surface area contributed by atoms with Crippen molar-refractivity contribution in [1.29, 1.82) is 0 Å². The summed E-state index contributed by atoms with van der Waals surface area (Å²) < 4.78 is 0. The van der Waals surface area contributed by atoms with Crippen LogP contribution in [-0.2, 0) is 12.1 Å². The molecule has 0 bridgehead atoms. The van der Waals surface area contributed by atoms with Gasteiger partial charge >= 0.3 is 0 Å². The van der Waals surface area contributed by atoms with Crippen LogP contribution in [0.4, 0.5) is 0 Å². The Morgan fingerprint density at radius 2 is 2.19 bits per heavy atom. The number of hydrogen-bond donors (Lipinski definition) is 1. The number of nitrogens with zero attached hydrogens (tertiary/aromatic N) is 4. The quantitative estimate of drug-likeness (QED) is 0.480. The van der Waals surface area contributed by atoms with Gasteiger partial charge in [0.2, 0.25) is 0 Å². The molecule has 0 unspecified atom stereocenters. The summed E-state index contributed by atoms with van der Waals surface area (Å²) in [7, 11) is 0. The standard InChI is InChI=1S/C11H14N4O/c12-15-13-8-9-4-3-5-10(14-9)11(16)6-1-2-7-11/h3-5,16H,1-2,6-8H2. The Kier molecular flexibility index (Phi) is 3.08. The van der Waals surface area contributed by atoms with Gasteiger partial charge < -0.3 is 5.11 Å². The number of rotatable bonds is 3. The molecule has 0 spiro atoms. The molecule has 1 heterocycles.